The van der Waals surface area contributed by atoms with Gasteiger partial charge in [0.2, 0.25) is 0 Å². The lowest BCUT2D eigenvalue weighted by Gasteiger charge is -2.12. The van der Waals surface area contributed by atoms with Gasteiger partial charge in [0, 0.05) is 6.42 Å². The van der Waals surface area contributed by atoms with Gasteiger partial charge in [-0.25, -0.2) is 0 Å². The van der Waals surface area contributed by atoms with E-state index in [9.17, 15) is 5.11 Å². The standard InChI is InChI=1S/C17H20O2/c1-14-7-9-15(10-8-14)13-16(18)11-12-19-17-5-3-2-4-6-17/h2-10,16,18H,11-13H2,1H3. The third-order valence-electron chi connectivity index (χ3n) is 3.05. The molecular formula is C17H20O2. The maximum Gasteiger partial charge on any atom is 0.119 e. The van der Waals surface area contributed by atoms with E-state index in [1.807, 2.05) is 30.3 Å². The van der Waals surface area contributed by atoms with Crippen LogP contribution in [0.1, 0.15) is 17.5 Å². The Morgan fingerprint density at radius 2 is 1.68 bits per heavy atom. The summed E-state index contributed by atoms with van der Waals surface area (Å²) >= 11 is 0. The number of benzene rings is 2. The van der Waals surface area contributed by atoms with Crippen molar-refractivity contribution in [2.24, 2.45) is 0 Å². The van der Waals surface area contributed by atoms with E-state index in [1.54, 1.807) is 0 Å². The first-order valence-electron chi connectivity index (χ1n) is 6.65. The number of para-hydroxylation sites is 1. The average Bonchev–Trinajstić information content (AvgIpc) is 2.43. The summed E-state index contributed by atoms with van der Waals surface area (Å²) in [6, 6.07) is 18.0. The summed E-state index contributed by atoms with van der Waals surface area (Å²) in [5.74, 6) is 0.852. The Labute approximate surface area is 114 Å². The molecule has 0 aliphatic heterocycles. The van der Waals surface area contributed by atoms with Gasteiger partial charge in [-0.2, -0.15) is 0 Å². The number of ether oxygens (including phenoxy) is 1. The van der Waals surface area contributed by atoms with E-state index in [2.05, 4.69) is 31.2 Å². The van der Waals surface area contributed by atoms with Crippen LogP contribution in [0.15, 0.2) is 54.6 Å². The third kappa shape index (κ3) is 4.76. The largest absolute Gasteiger partial charge is 0.493 e. The molecule has 19 heavy (non-hydrogen) atoms. The normalized spacial score (nSPS) is 12.1. The van der Waals surface area contributed by atoms with Crippen LogP contribution < -0.4 is 4.74 Å². The fraction of sp³-hybridized carbons (Fsp3) is 0.294. The lowest BCUT2D eigenvalue weighted by Crippen LogP contribution is -2.14. The molecule has 0 heterocycles. The molecule has 0 amide bonds. The lowest BCUT2D eigenvalue weighted by atomic mass is 10.0. The maximum absolute atomic E-state index is 9.97. The maximum atomic E-state index is 9.97. The summed E-state index contributed by atoms with van der Waals surface area (Å²) in [6.45, 7) is 2.60. The van der Waals surface area contributed by atoms with Gasteiger partial charge >= 0.3 is 0 Å². The van der Waals surface area contributed by atoms with E-state index in [0.717, 1.165) is 11.3 Å². The predicted octanol–water partition coefficient (Wildman–Crippen LogP) is 3.37. The first-order chi connectivity index (χ1) is 9.24. The molecule has 0 radical (unpaired) electrons. The lowest BCUT2D eigenvalue weighted by molar-refractivity contribution is 0.139. The SMILES string of the molecule is Cc1ccc(CC(O)CCOc2ccccc2)cc1. The smallest absolute Gasteiger partial charge is 0.119 e. The van der Waals surface area contributed by atoms with Crippen molar-refractivity contribution in [1.82, 2.24) is 0 Å². The Kier molecular flexibility index (Phi) is 4.99. The van der Waals surface area contributed by atoms with E-state index < -0.39 is 0 Å². The second-order valence-corrected chi connectivity index (χ2v) is 4.79. The summed E-state index contributed by atoms with van der Waals surface area (Å²) in [5.41, 5.74) is 2.41. The molecule has 2 heteroatoms. The second kappa shape index (κ2) is 6.95. The zero-order chi connectivity index (χ0) is 13.5. The van der Waals surface area contributed by atoms with Crippen molar-refractivity contribution < 1.29 is 9.84 Å². The molecule has 1 N–H and O–H groups in total. The molecule has 0 spiro atoms. The highest BCUT2D eigenvalue weighted by Crippen LogP contribution is 2.11. The predicted molar refractivity (Wildman–Crippen MR) is 77.4 cm³/mol. The molecular weight excluding hydrogens is 236 g/mol. The van der Waals surface area contributed by atoms with Crippen molar-refractivity contribution in [2.75, 3.05) is 6.61 Å². The Morgan fingerprint density at radius 3 is 2.37 bits per heavy atom. The van der Waals surface area contributed by atoms with Gasteiger partial charge in [-0.1, -0.05) is 48.0 Å². The Balaban J connectivity index is 1.73. The van der Waals surface area contributed by atoms with Crippen molar-refractivity contribution in [2.45, 2.75) is 25.9 Å². The summed E-state index contributed by atoms with van der Waals surface area (Å²) in [6.07, 6.45) is 0.965. The van der Waals surface area contributed by atoms with Crippen molar-refractivity contribution in [1.29, 1.82) is 0 Å². The van der Waals surface area contributed by atoms with E-state index in [0.29, 0.717) is 19.4 Å². The summed E-state index contributed by atoms with van der Waals surface area (Å²) < 4.78 is 5.57. The summed E-state index contributed by atoms with van der Waals surface area (Å²) in [5, 5.41) is 9.97. The summed E-state index contributed by atoms with van der Waals surface area (Å²) in [4.78, 5) is 0. The van der Waals surface area contributed by atoms with Gasteiger partial charge in [0.15, 0.2) is 0 Å². The molecule has 100 valence electrons. The van der Waals surface area contributed by atoms with Crippen LogP contribution in [0.2, 0.25) is 0 Å². The van der Waals surface area contributed by atoms with E-state index in [-0.39, 0.29) is 6.10 Å². The molecule has 2 aromatic rings. The van der Waals surface area contributed by atoms with Crippen LogP contribution in [-0.4, -0.2) is 17.8 Å². The van der Waals surface area contributed by atoms with Crippen LogP contribution in [0.4, 0.5) is 0 Å². The number of hydrogen-bond donors (Lipinski definition) is 1. The highest BCUT2D eigenvalue weighted by molar-refractivity contribution is 5.22. The minimum absolute atomic E-state index is 0.355. The molecule has 0 saturated heterocycles. The van der Waals surface area contributed by atoms with Crippen LogP contribution in [0.5, 0.6) is 5.75 Å². The van der Waals surface area contributed by atoms with Gasteiger partial charge in [0.1, 0.15) is 5.75 Å². The van der Waals surface area contributed by atoms with Crippen molar-refractivity contribution in [3.8, 4) is 5.75 Å². The quantitative estimate of drug-likeness (QED) is 0.858. The van der Waals surface area contributed by atoms with Gasteiger partial charge in [-0.05, 0) is 31.0 Å². The molecule has 0 bridgehead atoms. The average molecular weight is 256 g/mol. The van der Waals surface area contributed by atoms with Crippen LogP contribution in [0.25, 0.3) is 0 Å². The number of aliphatic hydroxyl groups is 1. The molecule has 2 rings (SSSR count). The van der Waals surface area contributed by atoms with Crippen LogP contribution >= 0.6 is 0 Å². The van der Waals surface area contributed by atoms with E-state index in [4.69, 9.17) is 4.74 Å². The zero-order valence-electron chi connectivity index (χ0n) is 11.3. The van der Waals surface area contributed by atoms with Crippen LogP contribution in [0.3, 0.4) is 0 Å². The monoisotopic (exact) mass is 256 g/mol. The number of aliphatic hydroxyl groups excluding tert-OH is 1. The molecule has 2 aromatic carbocycles. The number of rotatable bonds is 6. The topological polar surface area (TPSA) is 29.5 Å². The molecule has 0 aliphatic carbocycles. The van der Waals surface area contributed by atoms with Crippen LogP contribution in [0, 0.1) is 6.92 Å². The zero-order valence-corrected chi connectivity index (χ0v) is 11.3. The molecule has 0 aliphatic rings. The number of aryl methyl sites for hydroxylation is 1. The highest BCUT2D eigenvalue weighted by atomic mass is 16.5. The molecule has 0 saturated carbocycles. The molecule has 2 nitrogen and oxygen atoms in total. The fourth-order valence-corrected chi connectivity index (χ4v) is 1.93. The Bertz CT molecular complexity index is 476. The van der Waals surface area contributed by atoms with Crippen molar-refractivity contribution in [3.63, 3.8) is 0 Å². The highest BCUT2D eigenvalue weighted by Gasteiger charge is 2.06. The third-order valence-corrected chi connectivity index (χ3v) is 3.05. The minimum Gasteiger partial charge on any atom is -0.493 e. The van der Waals surface area contributed by atoms with Gasteiger partial charge in [-0.15, -0.1) is 0 Å². The molecule has 0 aromatic heterocycles. The van der Waals surface area contributed by atoms with Gasteiger partial charge < -0.3 is 9.84 Å². The van der Waals surface area contributed by atoms with E-state index in [1.165, 1.54) is 5.56 Å². The Morgan fingerprint density at radius 1 is 1.00 bits per heavy atom. The molecule has 1 atom stereocenters. The van der Waals surface area contributed by atoms with Crippen LogP contribution in [-0.2, 0) is 6.42 Å². The first-order valence-corrected chi connectivity index (χ1v) is 6.65. The summed E-state index contributed by atoms with van der Waals surface area (Å²) in [7, 11) is 0. The minimum atomic E-state index is -0.355. The Hall–Kier alpha value is -1.80. The van der Waals surface area contributed by atoms with Crippen molar-refractivity contribution in [3.05, 3.63) is 65.7 Å². The molecule has 0 fully saturated rings. The first kappa shape index (κ1) is 13.6. The second-order valence-electron chi connectivity index (χ2n) is 4.79. The van der Waals surface area contributed by atoms with E-state index >= 15 is 0 Å². The molecule has 1 unspecified atom stereocenters. The van der Waals surface area contributed by atoms with Gasteiger partial charge in [-0.3, -0.25) is 0 Å². The van der Waals surface area contributed by atoms with Crippen molar-refractivity contribution >= 4 is 0 Å². The number of hydrogen-bond acceptors (Lipinski definition) is 2. The van der Waals surface area contributed by atoms with Gasteiger partial charge in [0.25, 0.3) is 0 Å². The van der Waals surface area contributed by atoms with Gasteiger partial charge in [0.05, 0.1) is 12.7 Å². The fourth-order valence-electron chi connectivity index (χ4n) is 1.93.